The fourth-order valence-corrected chi connectivity index (χ4v) is 3.71. The highest BCUT2D eigenvalue weighted by Gasteiger charge is 2.26. The van der Waals surface area contributed by atoms with Gasteiger partial charge in [0.2, 0.25) is 10.0 Å². The minimum absolute atomic E-state index is 0.0370. The van der Waals surface area contributed by atoms with E-state index in [0.717, 1.165) is 5.56 Å². The number of carboxylic acid groups (broad SMARTS) is 1. The molecule has 0 saturated carbocycles. The second-order valence-electron chi connectivity index (χ2n) is 5.57. The van der Waals surface area contributed by atoms with Gasteiger partial charge in [0.05, 0.1) is 18.5 Å². The average molecular weight is 347 g/mol. The van der Waals surface area contributed by atoms with Crippen LogP contribution in [0.5, 0.6) is 0 Å². The lowest BCUT2D eigenvalue weighted by molar-refractivity contribution is 0.0690. The number of anilines is 2. The Bertz CT molecular complexity index is 882. The molecular weight excluding hydrogens is 330 g/mol. The van der Waals surface area contributed by atoms with Crippen molar-refractivity contribution < 1.29 is 18.3 Å². The standard InChI is InChI=1S/C16H17N3O4S/c1-24(22,23)19-10-9-18(11-12-5-2-3-7-14(12)19)15-8-4-6-13(17-15)16(20)21/h2-8H,9-11H2,1H3,(H,20,21). The third-order valence-electron chi connectivity index (χ3n) is 3.87. The lowest BCUT2D eigenvalue weighted by Crippen LogP contribution is -2.35. The van der Waals surface area contributed by atoms with Crippen molar-refractivity contribution in [2.24, 2.45) is 0 Å². The highest BCUT2D eigenvalue weighted by Crippen LogP contribution is 2.28. The summed E-state index contributed by atoms with van der Waals surface area (Å²) in [6.07, 6.45) is 1.18. The van der Waals surface area contributed by atoms with Gasteiger partial charge in [-0.05, 0) is 23.8 Å². The van der Waals surface area contributed by atoms with Crippen LogP contribution in [0.25, 0.3) is 0 Å². The molecule has 0 unspecified atom stereocenters. The van der Waals surface area contributed by atoms with E-state index in [-0.39, 0.29) is 12.2 Å². The van der Waals surface area contributed by atoms with Crippen molar-refractivity contribution in [1.82, 2.24) is 4.98 Å². The van der Waals surface area contributed by atoms with E-state index >= 15 is 0 Å². The van der Waals surface area contributed by atoms with Gasteiger partial charge in [-0.3, -0.25) is 4.31 Å². The van der Waals surface area contributed by atoms with Crippen molar-refractivity contribution in [2.45, 2.75) is 6.54 Å². The summed E-state index contributed by atoms with van der Waals surface area (Å²) in [6.45, 7) is 1.14. The van der Waals surface area contributed by atoms with Crippen LogP contribution in [0.15, 0.2) is 42.5 Å². The molecule has 0 spiro atoms. The Morgan fingerprint density at radius 2 is 1.88 bits per heavy atom. The number of nitrogens with zero attached hydrogens (tertiary/aromatic N) is 3. The zero-order valence-electron chi connectivity index (χ0n) is 13.1. The molecule has 24 heavy (non-hydrogen) atoms. The van der Waals surface area contributed by atoms with Crippen molar-refractivity contribution in [1.29, 1.82) is 0 Å². The molecule has 2 heterocycles. The monoisotopic (exact) mass is 347 g/mol. The normalized spacial score (nSPS) is 14.9. The number of sulfonamides is 1. The van der Waals surface area contributed by atoms with E-state index < -0.39 is 16.0 Å². The van der Waals surface area contributed by atoms with Crippen LogP contribution in [0.4, 0.5) is 11.5 Å². The summed E-state index contributed by atoms with van der Waals surface area (Å²) in [5, 5.41) is 9.10. The van der Waals surface area contributed by atoms with Crippen LogP contribution < -0.4 is 9.21 Å². The lowest BCUT2D eigenvalue weighted by atomic mass is 10.1. The number of carboxylic acids is 1. The molecule has 1 aromatic carbocycles. The summed E-state index contributed by atoms with van der Waals surface area (Å²) in [7, 11) is -3.40. The average Bonchev–Trinajstić information content (AvgIpc) is 2.74. The van der Waals surface area contributed by atoms with Gasteiger partial charge in [-0.25, -0.2) is 18.2 Å². The van der Waals surface area contributed by atoms with Crippen molar-refractivity contribution >= 4 is 27.5 Å². The number of fused-ring (bicyclic) bond motifs is 1. The number of aromatic nitrogens is 1. The van der Waals surface area contributed by atoms with Crippen LogP contribution in [0.2, 0.25) is 0 Å². The van der Waals surface area contributed by atoms with Crippen LogP contribution in [-0.2, 0) is 16.6 Å². The van der Waals surface area contributed by atoms with Crippen LogP contribution in [-0.4, -0.2) is 43.8 Å². The van der Waals surface area contributed by atoms with Gasteiger partial charge in [0, 0.05) is 13.1 Å². The molecule has 0 amide bonds. The number of carbonyl (C=O) groups is 1. The molecule has 0 atom stereocenters. The summed E-state index contributed by atoms with van der Waals surface area (Å²) in [4.78, 5) is 17.2. The minimum atomic E-state index is -3.40. The molecule has 126 valence electrons. The molecule has 2 aromatic rings. The fourth-order valence-electron chi connectivity index (χ4n) is 2.76. The zero-order chi connectivity index (χ0) is 17.3. The number of hydrogen-bond acceptors (Lipinski definition) is 5. The van der Waals surface area contributed by atoms with E-state index in [4.69, 9.17) is 5.11 Å². The zero-order valence-corrected chi connectivity index (χ0v) is 13.9. The molecule has 3 rings (SSSR count). The predicted octanol–water partition coefficient (Wildman–Crippen LogP) is 1.57. The summed E-state index contributed by atoms with van der Waals surface area (Å²) < 4.78 is 25.6. The molecule has 8 heteroatoms. The van der Waals surface area contributed by atoms with E-state index in [2.05, 4.69) is 4.98 Å². The molecule has 1 aliphatic rings. The number of pyridine rings is 1. The van der Waals surface area contributed by atoms with Gasteiger partial charge < -0.3 is 10.0 Å². The van der Waals surface area contributed by atoms with E-state index in [9.17, 15) is 13.2 Å². The van der Waals surface area contributed by atoms with Crippen molar-refractivity contribution in [2.75, 3.05) is 28.6 Å². The third-order valence-corrected chi connectivity index (χ3v) is 5.05. The van der Waals surface area contributed by atoms with Crippen LogP contribution >= 0.6 is 0 Å². The molecule has 1 N–H and O–H groups in total. The summed E-state index contributed by atoms with van der Waals surface area (Å²) >= 11 is 0. The maximum absolute atomic E-state index is 12.1. The van der Waals surface area contributed by atoms with Gasteiger partial charge in [0.15, 0.2) is 5.69 Å². The second-order valence-corrected chi connectivity index (χ2v) is 7.48. The first-order valence-electron chi connectivity index (χ1n) is 7.37. The quantitative estimate of drug-likeness (QED) is 0.906. The molecule has 1 aliphatic heterocycles. The maximum atomic E-state index is 12.1. The lowest BCUT2D eigenvalue weighted by Gasteiger charge is -2.23. The van der Waals surface area contributed by atoms with Gasteiger partial charge in [0.25, 0.3) is 0 Å². The van der Waals surface area contributed by atoms with Crippen LogP contribution in [0.1, 0.15) is 16.1 Å². The van der Waals surface area contributed by atoms with Crippen molar-refractivity contribution in [3.63, 3.8) is 0 Å². The Morgan fingerprint density at radius 1 is 1.12 bits per heavy atom. The molecule has 0 aliphatic carbocycles. The second kappa shape index (κ2) is 6.12. The summed E-state index contributed by atoms with van der Waals surface area (Å²) in [5.41, 5.74) is 1.46. The van der Waals surface area contributed by atoms with E-state index in [0.29, 0.717) is 24.6 Å². The largest absolute Gasteiger partial charge is 0.477 e. The first kappa shape index (κ1) is 16.3. The Balaban J connectivity index is 2.01. The van der Waals surface area contributed by atoms with Crippen LogP contribution in [0.3, 0.4) is 0 Å². The first-order chi connectivity index (χ1) is 11.4. The van der Waals surface area contributed by atoms with Gasteiger partial charge in [-0.2, -0.15) is 0 Å². The predicted molar refractivity (Wildman–Crippen MR) is 90.9 cm³/mol. The molecule has 0 fully saturated rings. The smallest absolute Gasteiger partial charge is 0.354 e. The minimum Gasteiger partial charge on any atom is -0.477 e. The van der Waals surface area contributed by atoms with Gasteiger partial charge in [0.1, 0.15) is 5.82 Å². The van der Waals surface area contributed by atoms with E-state index in [1.807, 2.05) is 17.0 Å². The molecule has 0 saturated heterocycles. The Hall–Kier alpha value is -2.61. The molecule has 7 nitrogen and oxygen atoms in total. The van der Waals surface area contributed by atoms with Gasteiger partial charge in [-0.1, -0.05) is 24.3 Å². The van der Waals surface area contributed by atoms with Gasteiger partial charge in [-0.15, -0.1) is 0 Å². The fraction of sp³-hybridized carbons (Fsp3) is 0.250. The number of rotatable bonds is 3. The number of para-hydroxylation sites is 1. The number of benzene rings is 1. The number of aromatic carboxylic acids is 1. The van der Waals surface area contributed by atoms with E-state index in [1.165, 1.54) is 16.6 Å². The topological polar surface area (TPSA) is 90.8 Å². The Morgan fingerprint density at radius 3 is 2.58 bits per heavy atom. The van der Waals surface area contributed by atoms with Gasteiger partial charge >= 0.3 is 5.97 Å². The molecule has 1 aromatic heterocycles. The Labute approximate surface area is 140 Å². The molecular formula is C16H17N3O4S. The molecule has 0 radical (unpaired) electrons. The van der Waals surface area contributed by atoms with Crippen LogP contribution in [0, 0.1) is 0 Å². The first-order valence-corrected chi connectivity index (χ1v) is 9.22. The van der Waals surface area contributed by atoms with Crippen molar-refractivity contribution in [3.8, 4) is 0 Å². The molecule has 0 bridgehead atoms. The third kappa shape index (κ3) is 3.18. The summed E-state index contributed by atoms with van der Waals surface area (Å²) in [6, 6.07) is 12.1. The Kier molecular flexibility index (Phi) is 4.15. The summed E-state index contributed by atoms with van der Waals surface area (Å²) in [5.74, 6) is -0.579. The highest BCUT2D eigenvalue weighted by molar-refractivity contribution is 7.92. The SMILES string of the molecule is CS(=O)(=O)N1CCN(c2cccc(C(=O)O)n2)Cc2ccccc21. The maximum Gasteiger partial charge on any atom is 0.354 e. The number of hydrogen-bond donors (Lipinski definition) is 1. The van der Waals surface area contributed by atoms with Crippen molar-refractivity contribution in [3.05, 3.63) is 53.7 Å². The van der Waals surface area contributed by atoms with E-state index in [1.54, 1.807) is 24.3 Å². The highest BCUT2D eigenvalue weighted by atomic mass is 32.2.